The maximum absolute atomic E-state index is 13.2. The number of H-pyrrole nitrogens is 1. The van der Waals surface area contributed by atoms with E-state index < -0.39 is 28.4 Å². The molecule has 0 bridgehead atoms. The Morgan fingerprint density at radius 3 is 2.35 bits per heavy atom. The minimum absolute atomic E-state index is 0.114. The molecule has 168 valence electrons. The van der Waals surface area contributed by atoms with Gasteiger partial charge < -0.3 is 15.2 Å². The number of aliphatic hydroxyl groups is 1. The number of anilines is 1. The smallest absolute Gasteiger partial charge is 0.300 e. The largest absolute Gasteiger partial charge is 0.507 e. The van der Waals surface area contributed by atoms with Crippen molar-refractivity contribution in [2.24, 2.45) is 0 Å². The van der Waals surface area contributed by atoms with Gasteiger partial charge >= 0.3 is 0 Å². The van der Waals surface area contributed by atoms with E-state index in [-0.39, 0.29) is 28.3 Å². The first-order valence-corrected chi connectivity index (χ1v) is 10.3. The number of hydrogen-bond donors (Lipinski definition) is 3. The van der Waals surface area contributed by atoms with Crippen molar-refractivity contribution in [1.82, 2.24) is 4.98 Å². The number of nitrogens with one attached hydrogen (secondary N) is 1. The molecule has 2 heterocycles. The van der Waals surface area contributed by atoms with Crippen molar-refractivity contribution in [2.75, 3.05) is 4.90 Å². The van der Waals surface area contributed by atoms with Crippen molar-refractivity contribution >= 4 is 39.7 Å². The molecule has 5 rings (SSSR count). The van der Waals surface area contributed by atoms with Gasteiger partial charge in [0.2, 0.25) is 0 Å². The average molecular weight is 455 g/mol. The lowest BCUT2D eigenvalue weighted by molar-refractivity contribution is -0.384. The molecule has 0 radical (unpaired) electrons. The van der Waals surface area contributed by atoms with Gasteiger partial charge in [0.25, 0.3) is 17.4 Å². The number of non-ortho nitro benzene ring substituents is 1. The molecule has 9 heteroatoms. The van der Waals surface area contributed by atoms with Gasteiger partial charge in [-0.15, -0.1) is 0 Å². The number of Topliss-reactive ketones (excluding diaryl/α,β-unsaturated/α-hetero) is 1. The summed E-state index contributed by atoms with van der Waals surface area (Å²) in [4.78, 5) is 41.1. The van der Waals surface area contributed by atoms with Crippen LogP contribution in [-0.4, -0.2) is 31.8 Å². The van der Waals surface area contributed by atoms with Crippen LogP contribution in [0.15, 0.2) is 84.6 Å². The van der Waals surface area contributed by atoms with Gasteiger partial charge in [0.15, 0.2) is 0 Å². The topological polar surface area (TPSA) is 137 Å². The first-order valence-electron chi connectivity index (χ1n) is 10.3. The third-order valence-electron chi connectivity index (χ3n) is 5.85. The second-order valence-electron chi connectivity index (χ2n) is 7.75. The predicted octanol–water partition coefficient (Wildman–Crippen LogP) is 4.41. The van der Waals surface area contributed by atoms with Crippen molar-refractivity contribution in [3.8, 4) is 5.75 Å². The number of hydrogen-bond acceptors (Lipinski definition) is 6. The molecule has 4 aromatic rings. The zero-order valence-electron chi connectivity index (χ0n) is 17.5. The van der Waals surface area contributed by atoms with Gasteiger partial charge in [-0.05, 0) is 30.3 Å². The van der Waals surface area contributed by atoms with Gasteiger partial charge in [-0.1, -0.05) is 30.3 Å². The third kappa shape index (κ3) is 3.18. The second-order valence-corrected chi connectivity index (χ2v) is 7.75. The number of aliphatic hydroxyl groups excluding tert-OH is 1. The van der Waals surface area contributed by atoms with E-state index in [0.29, 0.717) is 5.56 Å². The first-order chi connectivity index (χ1) is 16.4. The van der Waals surface area contributed by atoms with Crippen molar-refractivity contribution in [3.05, 3.63) is 106 Å². The number of rotatable bonds is 4. The maximum Gasteiger partial charge on any atom is 0.300 e. The molecule has 3 aromatic carbocycles. The summed E-state index contributed by atoms with van der Waals surface area (Å²) >= 11 is 0. The van der Waals surface area contributed by atoms with Gasteiger partial charge in [0, 0.05) is 40.4 Å². The average Bonchev–Trinajstić information content (AvgIpc) is 3.38. The molecule has 1 aliphatic rings. The molecule has 0 saturated carbocycles. The normalized spacial score (nSPS) is 17.4. The van der Waals surface area contributed by atoms with Crippen LogP contribution >= 0.6 is 0 Å². The Bertz CT molecular complexity index is 1500. The number of aromatic hydroxyl groups is 1. The number of para-hydroxylation sites is 3. The summed E-state index contributed by atoms with van der Waals surface area (Å²) in [5.41, 5.74) is 1.19. The van der Waals surface area contributed by atoms with E-state index in [1.165, 1.54) is 36.4 Å². The Labute approximate surface area is 192 Å². The Balaban J connectivity index is 1.76. The molecular formula is C25H17N3O6. The van der Waals surface area contributed by atoms with Gasteiger partial charge in [-0.3, -0.25) is 24.6 Å². The lowest BCUT2D eigenvalue weighted by atomic mass is 9.94. The summed E-state index contributed by atoms with van der Waals surface area (Å²) in [6.07, 6.45) is 1.65. The summed E-state index contributed by atoms with van der Waals surface area (Å²) in [6, 6.07) is 17.4. The number of carbonyl (C=O) groups excluding carboxylic acids is 2. The van der Waals surface area contributed by atoms with Gasteiger partial charge in [-0.2, -0.15) is 0 Å². The lowest BCUT2D eigenvalue weighted by Gasteiger charge is -2.25. The highest BCUT2D eigenvalue weighted by Crippen LogP contribution is 2.46. The number of carbonyl (C=O) groups is 2. The fraction of sp³-hybridized carbons (Fsp3) is 0.0400. The molecular weight excluding hydrogens is 438 g/mol. The Hall–Kier alpha value is -4.92. The van der Waals surface area contributed by atoms with Crippen LogP contribution in [0.4, 0.5) is 11.4 Å². The van der Waals surface area contributed by atoms with Gasteiger partial charge in [-0.25, -0.2) is 0 Å². The second kappa shape index (κ2) is 7.89. The number of aromatic nitrogens is 1. The van der Waals surface area contributed by atoms with Crippen molar-refractivity contribution in [3.63, 3.8) is 0 Å². The van der Waals surface area contributed by atoms with Crippen LogP contribution in [0.25, 0.3) is 16.7 Å². The number of ketones is 1. The van der Waals surface area contributed by atoms with Crippen LogP contribution in [0.1, 0.15) is 17.2 Å². The fourth-order valence-corrected chi connectivity index (χ4v) is 4.26. The molecule has 1 atom stereocenters. The Morgan fingerprint density at radius 1 is 0.971 bits per heavy atom. The molecule has 0 aliphatic carbocycles. The number of benzene rings is 3. The van der Waals surface area contributed by atoms with Crippen LogP contribution < -0.4 is 4.90 Å². The Morgan fingerprint density at radius 2 is 1.65 bits per heavy atom. The van der Waals surface area contributed by atoms with Gasteiger partial charge in [0.05, 0.1) is 22.2 Å². The molecule has 1 saturated heterocycles. The number of phenolic OH excluding ortho intramolecular Hbond substituents is 1. The summed E-state index contributed by atoms with van der Waals surface area (Å²) in [6.45, 7) is 0. The summed E-state index contributed by atoms with van der Waals surface area (Å²) in [5.74, 6) is -2.53. The number of phenols is 1. The van der Waals surface area contributed by atoms with Crippen LogP contribution in [0.3, 0.4) is 0 Å². The molecule has 0 spiro atoms. The standard InChI is InChI=1S/C25H17N3O6/c29-20-8-4-3-7-19(20)27-22(17-13-26-18-6-2-1-5-16(17)18)21(24(31)25(27)32)23(30)14-9-11-15(12-10-14)28(33)34/h1-13,22,26,29-30H/b23-21+. The zero-order chi connectivity index (χ0) is 24.0. The van der Waals surface area contributed by atoms with Crippen LogP contribution in [0, 0.1) is 10.1 Å². The molecule has 1 unspecified atom stereocenters. The van der Waals surface area contributed by atoms with Crippen LogP contribution in [0.5, 0.6) is 5.75 Å². The third-order valence-corrected chi connectivity index (χ3v) is 5.85. The molecule has 1 amide bonds. The number of nitro benzene ring substituents is 1. The summed E-state index contributed by atoms with van der Waals surface area (Å²) in [7, 11) is 0. The van der Waals surface area contributed by atoms with E-state index in [1.807, 2.05) is 24.3 Å². The SMILES string of the molecule is O=C1C(=O)N(c2ccccc2O)C(c2c[nH]c3ccccc23)/C1=C(\O)c1ccc([N+](=O)[O-])cc1. The lowest BCUT2D eigenvalue weighted by Crippen LogP contribution is -2.29. The zero-order valence-corrected chi connectivity index (χ0v) is 17.5. The maximum atomic E-state index is 13.2. The first kappa shape index (κ1) is 21.0. The Kier molecular flexibility index (Phi) is 4.86. The number of aromatic amines is 1. The molecule has 1 aromatic heterocycles. The molecule has 9 nitrogen and oxygen atoms in total. The molecule has 3 N–H and O–H groups in total. The van der Waals surface area contributed by atoms with Crippen molar-refractivity contribution in [1.29, 1.82) is 0 Å². The van der Waals surface area contributed by atoms with Gasteiger partial charge in [0.1, 0.15) is 11.5 Å². The summed E-state index contributed by atoms with van der Waals surface area (Å²) in [5, 5.41) is 33.3. The van der Waals surface area contributed by atoms with Crippen molar-refractivity contribution < 1.29 is 24.7 Å². The van der Waals surface area contributed by atoms with Crippen molar-refractivity contribution in [2.45, 2.75) is 6.04 Å². The quantitative estimate of drug-likeness (QED) is 0.137. The molecule has 1 aliphatic heterocycles. The van der Waals surface area contributed by atoms with E-state index in [0.717, 1.165) is 15.8 Å². The van der Waals surface area contributed by atoms with E-state index in [9.17, 15) is 29.9 Å². The highest BCUT2D eigenvalue weighted by molar-refractivity contribution is 6.52. The van der Waals surface area contributed by atoms with E-state index in [1.54, 1.807) is 18.3 Å². The van der Waals surface area contributed by atoms with Crippen LogP contribution in [0.2, 0.25) is 0 Å². The summed E-state index contributed by atoms with van der Waals surface area (Å²) < 4.78 is 0. The number of nitro groups is 1. The van der Waals surface area contributed by atoms with E-state index >= 15 is 0 Å². The van der Waals surface area contributed by atoms with Crippen LogP contribution in [-0.2, 0) is 9.59 Å². The fourth-order valence-electron chi connectivity index (χ4n) is 4.26. The van der Waals surface area contributed by atoms with E-state index in [2.05, 4.69) is 4.98 Å². The predicted molar refractivity (Wildman–Crippen MR) is 124 cm³/mol. The number of amides is 1. The highest BCUT2D eigenvalue weighted by Gasteiger charge is 2.48. The number of nitrogens with zero attached hydrogens (tertiary/aromatic N) is 2. The molecule has 1 fully saturated rings. The highest BCUT2D eigenvalue weighted by atomic mass is 16.6. The molecule has 34 heavy (non-hydrogen) atoms. The monoisotopic (exact) mass is 455 g/mol. The minimum atomic E-state index is -1.06. The minimum Gasteiger partial charge on any atom is -0.507 e. The van der Waals surface area contributed by atoms with E-state index in [4.69, 9.17) is 0 Å². The number of fused-ring (bicyclic) bond motifs is 1.